The van der Waals surface area contributed by atoms with Gasteiger partial charge < -0.3 is 19.3 Å². The van der Waals surface area contributed by atoms with Gasteiger partial charge in [-0.2, -0.15) is 0 Å². The van der Waals surface area contributed by atoms with Crippen molar-refractivity contribution in [2.24, 2.45) is 0 Å². The number of ether oxygens (including phenoxy) is 3. The normalized spacial score (nSPS) is 8.83. The van der Waals surface area contributed by atoms with Crippen LogP contribution in [0.2, 0.25) is 0 Å². The minimum atomic E-state index is -0.489. The van der Waals surface area contributed by atoms with Crippen molar-refractivity contribution in [2.45, 2.75) is 20.3 Å². The summed E-state index contributed by atoms with van der Waals surface area (Å²) in [5, 5.41) is 8.23. The fourth-order valence-electron chi connectivity index (χ4n) is 0.811. The first-order valence-electron chi connectivity index (χ1n) is 6.81. The number of hydrogen-bond donors (Lipinski definition) is 1. The average molecular weight is 328 g/mol. The smallest absolute Gasteiger partial charge is 0.333 e. The summed E-state index contributed by atoms with van der Waals surface area (Å²) in [6.45, 7) is 13.5. The minimum Gasteiger partial charge on any atom is -0.462 e. The number of aliphatic hydroxyl groups excluding tert-OH is 1. The Hall–Kier alpha value is -2.41. The number of aliphatic hydroxyl groups is 1. The van der Waals surface area contributed by atoms with E-state index < -0.39 is 17.9 Å². The summed E-state index contributed by atoms with van der Waals surface area (Å²) >= 11 is 0. The summed E-state index contributed by atoms with van der Waals surface area (Å²) in [6.07, 6.45) is 1.58. The molecule has 0 aliphatic heterocycles. The van der Waals surface area contributed by atoms with E-state index in [2.05, 4.69) is 33.9 Å². The van der Waals surface area contributed by atoms with E-state index in [1.54, 1.807) is 13.8 Å². The molecule has 0 aromatic heterocycles. The number of carbonyl (C=O) groups excluding carboxylic acids is 3. The maximum absolute atomic E-state index is 10.8. The molecule has 7 nitrogen and oxygen atoms in total. The average Bonchev–Trinajstić information content (AvgIpc) is 2.51. The van der Waals surface area contributed by atoms with Crippen LogP contribution in [-0.2, 0) is 28.6 Å². The fraction of sp³-hybridized carbons (Fsp3) is 0.438. The lowest BCUT2D eigenvalue weighted by molar-refractivity contribution is -0.147. The molecular weight excluding hydrogens is 304 g/mol. The predicted molar refractivity (Wildman–Crippen MR) is 84.4 cm³/mol. The van der Waals surface area contributed by atoms with Gasteiger partial charge in [-0.05, 0) is 13.8 Å². The third kappa shape index (κ3) is 15.8. The van der Waals surface area contributed by atoms with Crippen molar-refractivity contribution in [3.63, 3.8) is 0 Å². The molecule has 0 spiro atoms. The van der Waals surface area contributed by atoms with Gasteiger partial charge in [0.2, 0.25) is 0 Å². The molecule has 0 aromatic carbocycles. The van der Waals surface area contributed by atoms with Crippen LogP contribution in [0.4, 0.5) is 0 Å². The molecular formula is C16H24O7. The van der Waals surface area contributed by atoms with Gasteiger partial charge in [0.1, 0.15) is 13.2 Å². The van der Waals surface area contributed by atoms with E-state index in [0.717, 1.165) is 6.08 Å². The lowest BCUT2D eigenvalue weighted by Crippen LogP contribution is -2.14. The first kappa shape index (κ1) is 22.9. The summed E-state index contributed by atoms with van der Waals surface area (Å²) in [5.41, 5.74) is 0.632. The molecule has 0 aliphatic carbocycles. The molecule has 1 N–H and O–H groups in total. The van der Waals surface area contributed by atoms with E-state index in [-0.39, 0.29) is 26.4 Å². The van der Waals surface area contributed by atoms with Crippen LogP contribution in [0.3, 0.4) is 0 Å². The molecule has 0 saturated heterocycles. The van der Waals surface area contributed by atoms with Gasteiger partial charge in [0.25, 0.3) is 0 Å². The van der Waals surface area contributed by atoms with Crippen molar-refractivity contribution in [1.29, 1.82) is 0 Å². The number of esters is 3. The fourth-order valence-corrected chi connectivity index (χ4v) is 0.811. The lowest BCUT2D eigenvalue weighted by Gasteiger charge is -2.05. The molecule has 0 rings (SSSR count). The SMILES string of the molecule is C=C(C)C(=O)OCCOC(=O)C(=C)C.C=CC(=O)OCCCO. The summed E-state index contributed by atoms with van der Waals surface area (Å²) in [6, 6.07) is 0. The second-order valence-corrected chi connectivity index (χ2v) is 4.28. The van der Waals surface area contributed by atoms with Crippen molar-refractivity contribution < 1.29 is 33.7 Å². The monoisotopic (exact) mass is 328 g/mol. The van der Waals surface area contributed by atoms with E-state index in [1.165, 1.54) is 0 Å². The zero-order valence-electron chi connectivity index (χ0n) is 13.6. The Bertz CT molecular complexity index is 410. The molecule has 0 saturated carbocycles. The third-order valence-corrected chi connectivity index (χ3v) is 1.96. The summed E-state index contributed by atoms with van der Waals surface area (Å²) in [5.74, 6) is -1.42. The first-order valence-corrected chi connectivity index (χ1v) is 6.81. The highest BCUT2D eigenvalue weighted by molar-refractivity contribution is 5.87. The Labute approximate surface area is 136 Å². The molecule has 130 valence electrons. The number of carbonyl (C=O) groups is 3. The van der Waals surface area contributed by atoms with Gasteiger partial charge in [-0.3, -0.25) is 0 Å². The highest BCUT2D eigenvalue weighted by atomic mass is 16.6. The Balaban J connectivity index is 0. The maximum Gasteiger partial charge on any atom is 0.333 e. The van der Waals surface area contributed by atoms with Crippen LogP contribution in [0, 0.1) is 0 Å². The largest absolute Gasteiger partial charge is 0.462 e. The van der Waals surface area contributed by atoms with Crippen molar-refractivity contribution in [2.75, 3.05) is 26.4 Å². The molecule has 0 unspecified atom stereocenters. The van der Waals surface area contributed by atoms with Gasteiger partial charge in [0.15, 0.2) is 0 Å². The van der Waals surface area contributed by atoms with E-state index in [1.807, 2.05) is 0 Å². The van der Waals surface area contributed by atoms with Crippen LogP contribution in [0.1, 0.15) is 20.3 Å². The van der Waals surface area contributed by atoms with E-state index in [4.69, 9.17) is 5.11 Å². The van der Waals surface area contributed by atoms with Crippen LogP contribution in [0.25, 0.3) is 0 Å². The molecule has 0 fully saturated rings. The Kier molecular flexibility index (Phi) is 14.4. The van der Waals surface area contributed by atoms with Crippen LogP contribution in [0.5, 0.6) is 0 Å². The highest BCUT2D eigenvalue weighted by Gasteiger charge is 2.05. The van der Waals surface area contributed by atoms with Gasteiger partial charge in [-0.15, -0.1) is 0 Å². The van der Waals surface area contributed by atoms with Crippen molar-refractivity contribution in [3.8, 4) is 0 Å². The topological polar surface area (TPSA) is 99.1 Å². The standard InChI is InChI=1S/C10H14O4.C6H10O3/c1-7(2)9(11)13-5-6-14-10(12)8(3)4;1-2-6(8)9-5-3-4-7/h1,3,5-6H2,2,4H3;2,7H,1,3-5H2. The summed E-state index contributed by atoms with van der Waals surface area (Å²) in [7, 11) is 0. The number of rotatable bonds is 9. The predicted octanol–water partition coefficient (Wildman–Crippen LogP) is 1.32. The molecule has 0 bridgehead atoms. The molecule has 23 heavy (non-hydrogen) atoms. The Morgan fingerprint density at radius 3 is 1.65 bits per heavy atom. The van der Waals surface area contributed by atoms with Gasteiger partial charge in [0, 0.05) is 30.2 Å². The third-order valence-electron chi connectivity index (χ3n) is 1.96. The Morgan fingerprint density at radius 1 is 0.913 bits per heavy atom. The summed E-state index contributed by atoms with van der Waals surface area (Å²) < 4.78 is 13.9. The van der Waals surface area contributed by atoms with Gasteiger partial charge >= 0.3 is 17.9 Å². The molecule has 0 radical (unpaired) electrons. The van der Waals surface area contributed by atoms with E-state index in [0.29, 0.717) is 17.6 Å². The molecule has 0 heterocycles. The summed E-state index contributed by atoms with van der Waals surface area (Å²) in [4.78, 5) is 31.9. The lowest BCUT2D eigenvalue weighted by atomic mass is 10.4. The second kappa shape index (κ2) is 14.5. The van der Waals surface area contributed by atoms with E-state index >= 15 is 0 Å². The van der Waals surface area contributed by atoms with Crippen molar-refractivity contribution in [1.82, 2.24) is 0 Å². The van der Waals surface area contributed by atoms with Crippen LogP contribution in [-0.4, -0.2) is 49.4 Å². The van der Waals surface area contributed by atoms with Crippen LogP contribution < -0.4 is 0 Å². The quantitative estimate of drug-likeness (QED) is 0.295. The van der Waals surface area contributed by atoms with Gasteiger partial charge in [0.05, 0.1) is 6.61 Å². The molecule has 0 atom stereocenters. The highest BCUT2D eigenvalue weighted by Crippen LogP contribution is 1.94. The zero-order chi connectivity index (χ0) is 18.3. The van der Waals surface area contributed by atoms with Gasteiger partial charge in [-0.25, -0.2) is 14.4 Å². The molecule has 0 aliphatic rings. The first-order chi connectivity index (χ1) is 10.8. The van der Waals surface area contributed by atoms with Gasteiger partial charge in [-0.1, -0.05) is 19.7 Å². The van der Waals surface area contributed by atoms with Crippen molar-refractivity contribution in [3.05, 3.63) is 37.0 Å². The van der Waals surface area contributed by atoms with Crippen LogP contribution >= 0.6 is 0 Å². The second-order valence-electron chi connectivity index (χ2n) is 4.28. The zero-order valence-corrected chi connectivity index (χ0v) is 13.6. The van der Waals surface area contributed by atoms with Crippen LogP contribution in [0.15, 0.2) is 37.0 Å². The molecule has 0 aromatic rings. The molecule has 7 heteroatoms. The van der Waals surface area contributed by atoms with Crippen molar-refractivity contribution >= 4 is 17.9 Å². The molecule has 0 amide bonds. The van der Waals surface area contributed by atoms with E-state index in [9.17, 15) is 14.4 Å². The maximum atomic E-state index is 10.8. The minimum absolute atomic E-state index is 0.0325. The number of hydrogen-bond acceptors (Lipinski definition) is 7. The Morgan fingerprint density at radius 2 is 1.35 bits per heavy atom.